The number of hydrogen-bond donors (Lipinski definition) is 0. The van der Waals surface area contributed by atoms with Crippen LogP contribution >= 0.6 is 0 Å². The fraction of sp³-hybridized carbons (Fsp3) is 0.278. The van der Waals surface area contributed by atoms with E-state index in [1.807, 2.05) is 0 Å². The molecule has 0 aliphatic rings. The van der Waals surface area contributed by atoms with Crippen molar-refractivity contribution in [3.8, 4) is 5.75 Å². The zero-order valence-electron chi connectivity index (χ0n) is 15.2. The third kappa shape index (κ3) is 5.45. The van der Waals surface area contributed by atoms with Crippen molar-refractivity contribution >= 4 is 12.0 Å². The molecule has 5 nitrogen and oxygen atoms in total. The van der Waals surface area contributed by atoms with E-state index in [0.717, 1.165) is 16.9 Å². The molecule has 12 heteroatoms. The lowest BCUT2D eigenvalue weighted by atomic mass is 10.1. The van der Waals surface area contributed by atoms with Crippen molar-refractivity contribution in [3.05, 3.63) is 59.9 Å². The third-order valence-electron chi connectivity index (χ3n) is 3.61. The molecule has 2 aromatic rings. The quantitative estimate of drug-likeness (QED) is 0.289. The van der Waals surface area contributed by atoms with Crippen LogP contribution in [0.15, 0.2) is 59.5 Å². The van der Waals surface area contributed by atoms with Gasteiger partial charge in [-0.1, -0.05) is 18.2 Å². The molecule has 0 saturated carbocycles. The normalized spacial score (nSPS) is 14.0. The summed E-state index contributed by atoms with van der Waals surface area (Å²) in [5, 5.41) is 19.5. The molecule has 1 aromatic carbocycles. The van der Waals surface area contributed by atoms with E-state index in [9.17, 15) is 35.8 Å². The molecule has 162 valence electrons. The van der Waals surface area contributed by atoms with E-state index in [2.05, 4.69) is 14.9 Å². The van der Waals surface area contributed by atoms with E-state index in [1.165, 1.54) is 37.5 Å². The zero-order valence-corrected chi connectivity index (χ0v) is 15.2. The molecule has 0 saturated heterocycles. The summed E-state index contributed by atoms with van der Waals surface area (Å²) in [4.78, 5) is 1.02. The minimum Gasteiger partial charge on any atom is -0.854 e. The Labute approximate surface area is 165 Å². The number of rotatable bonds is 7. The molecular formula is C18H14F7N3O2. The standard InChI is InChI=1S/C18H14F7N3O2/c1-12(15(29)27-28-8-3-2-7-26-28)9-13-5-4-6-14(10-13)30-11-16(19,20)17(21,22)18(23,24)25/h2-10H,11H2,1H3/b12-9+. The number of alkyl halides is 7. The first-order valence-electron chi connectivity index (χ1n) is 8.16. The summed E-state index contributed by atoms with van der Waals surface area (Å²) in [5.41, 5.74) is 0.352. The van der Waals surface area contributed by atoms with Crippen LogP contribution < -0.4 is 14.6 Å². The van der Waals surface area contributed by atoms with E-state index < -0.39 is 36.3 Å². The lowest BCUT2D eigenvalue weighted by Crippen LogP contribution is -2.54. The van der Waals surface area contributed by atoms with Gasteiger partial charge in [0.15, 0.2) is 6.61 Å². The van der Waals surface area contributed by atoms with Gasteiger partial charge in [0.2, 0.25) is 6.20 Å². The highest BCUT2D eigenvalue weighted by Crippen LogP contribution is 2.46. The maximum absolute atomic E-state index is 13.3. The maximum atomic E-state index is 13.3. The van der Waals surface area contributed by atoms with Crippen LogP contribution in [0, 0.1) is 0 Å². The molecule has 0 bridgehead atoms. The number of benzene rings is 1. The van der Waals surface area contributed by atoms with Crippen molar-refractivity contribution in [1.82, 2.24) is 5.10 Å². The van der Waals surface area contributed by atoms with Crippen LogP contribution in [0.2, 0.25) is 0 Å². The summed E-state index contributed by atoms with van der Waals surface area (Å²) in [5.74, 6) is -12.8. The van der Waals surface area contributed by atoms with Gasteiger partial charge < -0.3 is 9.84 Å². The van der Waals surface area contributed by atoms with Crippen molar-refractivity contribution in [2.45, 2.75) is 24.9 Å². The summed E-state index contributed by atoms with van der Waals surface area (Å²) in [7, 11) is 0. The highest BCUT2D eigenvalue weighted by molar-refractivity contribution is 5.93. The number of hydrogen-bond acceptors (Lipinski definition) is 4. The van der Waals surface area contributed by atoms with Gasteiger partial charge in [0.05, 0.1) is 16.9 Å². The van der Waals surface area contributed by atoms with E-state index in [1.54, 1.807) is 12.1 Å². The topological polar surface area (TPSA) is 61.4 Å². The second-order valence-corrected chi connectivity index (χ2v) is 5.99. The van der Waals surface area contributed by atoms with Crippen LogP contribution in [-0.2, 0) is 0 Å². The van der Waals surface area contributed by atoms with Gasteiger partial charge in [-0.25, -0.2) is 0 Å². The zero-order chi connectivity index (χ0) is 22.6. The Morgan fingerprint density at radius 3 is 2.43 bits per heavy atom. The predicted molar refractivity (Wildman–Crippen MR) is 88.8 cm³/mol. The fourth-order valence-corrected chi connectivity index (χ4v) is 2.03. The van der Waals surface area contributed by atoms with Gasteiger partial charge in [0.1, 0.15) is 5.75 Å². The molecule has 30 heavy (non-hydrogen) atoms. The van der Waals surface area contributed by atoms with Gasteiger partial charge in [0, 0.05) is 16.3 Å². The van der Waals surface area contributed by atoms with Gasteiger partial charge in [-0.3, -0.25) is 0 Å². The van der Waals surface area contributed by atoms with Crippen LogP contribution in [0.25, 0.3) is 6.08 Å². The molecule has 1 heterocycles. The Morgan fingerprint density at radius 1 is 1.13 bits per heavy atom. The first-order chi connectivity index (χ1) is 13.8. The van der Waals surface area contributed by atoms with Crippen molar-refractivity contribution in [2.75, 3.05) is 6.61 Å². The molecule has 0 radical (unpaired) electrons. The Morgan fingerprint density at radius 2 is 1.83 bits per heavy atom. The second-order valence-electron chi connectivity index (χ2n) is 5.99. The second kappa shape index (κ2) is 8.67. The van der Waals surface area contributed by atoms with Gasteiger partial charge in [0.25, 0.3) is 0 Å². The largest absolute Gasteiger partial charge is 0.854 e. The molecule has 0 fully saturated rings. The lowest BCUT2D eigenvalue weighted by molar-refractivity contribution is -0.739. The predicted octanol–water partition coefficient (Wildman–Crippen LogP) is 3.21. The highest BCUT2D eigenvalue weighted by Gasteiger charge is 2.73. The van der Waals surface area contributed by atoms with Crippen molar-refractivity contribution in [1.29, 1.82) is 0 Å². The van der Waals surface area contributed by atoms with Gasteiger partial charge >= 0.3 is 18.0 Å². The third-order valence-corrected chi connectivity index (χ3v) is 3.61. The van der Waals surface area contributed by atoms with E-state index in [-0.39, 0.29) is 11.1 Å². The number of aromatic nitrogens is 2. The van der Waals surface area contributed by atoms with Crippen molar-refractivity contribution in [3.63, 3.8) is 0 Å². The fourth-order valence-electron chi connectivity index (χ4n) is 2.03. The molecule has 0 aliphatic carbocycles. The molecule has 0 N–H and O–H groups in total. The summed E-state index contributed by atoms with van der Waals surface area (Å²) < 4.78 is 93.4. The van der Waals surface area contributed by atoms with Crippen LogP contribution in [-0.4, -0.2) is 35.6 Å². The molecule has 0 amide bonds. The van der Waals surface area contributed by atoms with Crippen LogP contribution in [0.4, 0.5) is 30.7 Å². The molecule has 0 aliphatic heterocycles. The smallest absolute Gasteiger partial charge is 0.460 e. The molecule has 0 spiro atoms. The first kappa shape index (κ1) is 23.1. The van der Waals surface area contributed by atoms with Gasteiger partial charge in [-0.2, -0.15) is 30.7 Å². The summed E-state index contributed by atoms with van der Waals surface area (Å²) in [6.07, 6.45) is -2.33. The van der Waals surface area contributed by atoms with Crippen LogP contribution in [0.3, 0.4) is 0 Å². The van der Waals surface area contributed by atoms with E-state index in [4.69, 9.17) is 0 Å². The maximum Gasteiger partial charge on any atom is 0.460 e. The number of halogens is 7. The molecular weight excluding hydrogens is 423 g/mol. The Hall–Kier alpha value is -3.18. The number of ether oxygens (including phenoxy) is 1. The van der Waals surface area contributed by atoms with Crippen LogP contribution in [0.1, 0.15) is 12.5 Å². The van der Waals surface area contributed by atoms with E-state index in [0.29, 0.717) is 0 Å². The molecule has 2 rings (SSSR count). The van der Waals surface area contributed by atoms with Crippen molar-refractivity contribution in [2.24, 2.45) is 5.10 Å². The minimum absolute atomic E-state index is 0.110. The summed E-state index contributed by atoms with van der Waals surface area (Å²) in [6, 6.07) is 8.08. The summed E-state index contributed by atoms with van der Waals surface area (Å²) in [6.45, 7) is -0.795. The minimum atomic E-state index is -6.43. The van der Waals surface area contributed by atoms with E-state index >= 15 is 0 Å². The average Bonchev–Trinajstić information content (AvgIpc) is 2.66. The van der Waals surface area contributed by atoms with Crippen molar-refractivity contribution < 1.29 is 45.4 Å². The first-order valence-corrected chi connectivity index (χ1v) is 8.16. The lowest BCUT2D eigenvalue weighted by Gasteiger charge is -2.28. The highest BCUT2D eigenvalue weighted by atomic mass is 19.4. The molecule has 0 unspecified atom stereocenters. The Bertz CT molecular complexity index is 929. The number of nitrogens with zero attached hydrogens (tertiary/aromatic N) is 3. The molecule has 1 aromatic heterocycles. The Balaban J connectivity index is 2.15. The SMILES string of the molecule is CC(=C\c1cccc(OCC(F)(F)C(F)(F)C(F)(F)F)c1)/C([O-])=N/[n+]1ccccn1. The monoisotopic (exact) mass is 437 g/mol. The van der Waals surface area contributed by atoms with Gasteiger partial charge in [-0.05, 0) is 36.3 Å². The van der Waals surface area contributed by atoms with Crippen LogP contribution in [0.5, 0.6) is 5.75 Å². The van der Waals surface area contributed by atoms with Gasteiger partial charge in [-0.15, -0.1) is 0 Å². The average molecular weight is 437 g/mol. The Kier molecular flexibility index (Phi) is 6.68. The summed E-state index contributed by atoms with van der Waals surface area (Å²) >= 11 is 0. The molecule has 0 atom stereocenters.